The zero-order valence-corrected chi connectivity index (χ0v) is 24.9. The maximum absolute atomic E-state index is 13.2. The molecule has 5 N–H and O–H groups in total. The van der Waals surface area contributed by atoms with E-state index >= 15 is 0 Å². The quantitative estimate of drug-likeness (QED) is 0.220. The SMILES string of the molecule is CC(C)[C@H](NC(=O)[C@H](C)NC(=O)OCc1ccccc1)C(=O)NN(CC(N)=O)C(=O)/C=C/C(=O)N1CCCc2ccccc21. The normalized spacial score (nSPS) is 13.8. The van der Waals surface area contributed by atoms with Crippen molar-refractivity contribution in [2.75, 3.05) is 18.0 Å². The van der Waals surface area contributed by atoms with Gasteiger partial charge in [0.2, 0.25) is 11.8 Å². The van der Waals surface area contributed by atoms with Crippen LogP contribution >= 0.6 is 0 Å². The van der Waals surface area contributed by atoms with Crippen LogP contribution in [0.3, 0.4) is 0 Å². The number of hydrogen-bond donors (Lipinski definition) is 4. The molecular weight excluding hydrogens is 568 g/mol. The minimum Gasteiger partial charge on any atom is -0.445 e. The summed E-state index contributed by atoms with van der Waals surface area (Å²) < 4.78 is 5.13. The van der Waals surface area contributed by atoms with Crippen molar-refractivity contribution >= 4 is 41.3 Å². The molecular formula is C31H38N6O7. The predicted octanol–water partition coefficient (Wildman–Crippen LogP) is 1.32. The lowest BCUT2D eigenvalue weighted by Crippen LogP contribution is -2.59. The fraction of sp³-hybridized carbons (Fsp3) is 0.355. The van der Waals surface area contributed by atoms with E-state index in [0.717, 1.165) is 41.8 Å². The van der Waals surface area contributed by atoms with Gasteiger partial charge < -0.3 is 26.0 Å². The molecule has 2 aromatic rings. The second kappa shape index (κ2) is 15.9. The Labute approximate surface area is 255 Å². The average Bonchev–Trinajstić information content (AvgIpc) is 3.00. The van der Waals surface area contributed by atoms with Crippen LogP contribution in [0.1, 0.15) is 38.3 Å². The largest absolute Gasteiger partial charge is 0.445 e. The summed E-state index contributed by atoms with van der Waals surface area (Å²) in [5.74, 6) is -4.19. The molecule has 13 nitrogen and oxygen atoms in total. The van der Waals surface area contributed by atoms with Crippen LogP contribution in [-0.4, -0.2) is 65.8 Å². The molecule has 44 heavy (non-hydrogen) atoms. The Morgan fingerprint density at radius 1 is 0.932 bits per heavy atom. The Morgan fingerprint density at radius 3 is 2.30 bits per heavy atom. The molecule has 0 unspecified atom stereocenters. The summed E-state index contributed by atoms with van der Waals surface area (Å²) in [4.78, 5) is 77.2. The van der Waals surface area contributed by atoms with Crippen molar-refractivity contribution < 1.29 is 33.5 Å². The van der Waals surface area contributed by atoms with Crippen molar-refractivity contribution in [2.24, 2.45) is 11.7 Å². The minimum atomic E-state index is -1.16. The first-order chi connectivity index (χ1) is 21.0. The molecule has 0 fully saturated rings. The molecule has 0 spiro atoms. The summed E-state index contributed by atoms with van der Waals surface area (Å²) in [7, 11) is 0. The predicted molar refractivity (Wildman–Crippen MR) is 161 cm³/mol. The minimum absolute atomic E-state index is 0.00707. The van der Waals surface area contributed by atoms with Gasteiger partial charge in [0.15, 0.2) is 0 Å². The van der Waals surface area contributed by atoms with Gasteiger partial charge in [-0.05, 0) is 42.9 Å². The summed E-state index contributed by atoms with van der Waals surface area (Å²) in [6.07, 6.45) is 2.78. The number of primary amides is 1. The van der Waals surface area contributed by atoms with Crippen molar-refractivity contribution in [1.82, 2.24) is 21.1 Å². The zero-order chi connectivity index (χ0) is 32.2. The number of anilines is 1. The molecule has 0 aromatic heterocycles. The van der Waals surface area contributed by atoms with Crippen LogP contribution < -0.4 is 26.7 Å². The highest BCUT2D eigenvalue weighted by Gasteiger charge is 2.30. The molecule has 13 heteroatoms. The first-order valence-corrected chi connectivity index (χ1v) is 14.2. The van der Waals surface area contributed by atoms with E-state index < -0.39 is 60.2 Å². The maximum atomic E-state index is 13.2. The molecule has 0 saturated carbocycles. The number of alkyl carbamates (subject to hydrolysis) is 1. The standard InChI is InChI=1S/C31H38N6O7/c1-20(2)28(34-29(41)21(3)33-31(43)44-19-22-10-5-4-6-11-22)30(42)35-37(18-25(32)38)27(40)16-15-26(39)36-17-9-13-23-12-7-8-14-24(23)36/h4-8,10-12,14-16,20-21,28H,9,13,17-19H2,1-3H3,(H2,32,38)(H,33,43)(H,34,41)(H,35,42)/b16-15+/t21-,28-/m0/s1. The number of carbonyl (C=O) groups excluding carboxylic acids is 6. The number of rotatable bonds is 11. The lowest BCUT2D eigenvalue weighted by molar-refractivity contribution is -0.142. The lowest BCUT2D eigenvalue weighted by Gasteiger charge is -2.29. The first kappa shape index (κ1) is 33.3. The van der Waals surface area contributed by atoms with Gasteiger partial charge >= 0.3 is 6.09 Å². The van der Waals surface area contributed by atoms with E-state index in [9.17, 15) is 28.8 Å². The van der Waals surface area contributed by atoms with Gasteiger partial charge in [0.05, 0.1) is 0 Å². The average molecular weight is 607 g/mol. The van der Waals surface area contributed by atoms with Crippen LogP contribution in [0.2, 0.25) is 0 Å². The fourth-order valence-electron chi connectivity index (χ4n) is 4.44. The molecule has 2 aromatic carbocycles. The summed E-state index contributed by atoms with van der Waals surface area (Å²) in [6.45, 7) is 4.54. The number of para-hydroxylation sites is 1. The summed E-state index contributed by atoms with van der Waals surface area (Å²) in [5, 5.41) is 5.61. The van der Waals surface area contributed by atoms with E-state index in [1.807, 2.05) is 30.3 Å². The summed E-state index contributed by atoms with van der Waals surface area (Å²) in [6, 6.07) is 14.2. The number of ether oxygens (including phenoxy) is 1. The van der Waals surface area contributed by atoms with Crippen LogP contribution in [-0.2, 0) is 41.7 Å². The second-order valence-corrected chi connectivity index (χ2v) is 10.6. The molecule has 0 radical (unpaired) electrons. The topological polar surface area (TPSA) is 180 Å². The Hall–Kier alpha value is -5.20. The van der Waals surface area contributed by atoms with Gasteiger partial charge in [-0.15, -0.1) is 0 Å². The molecule has 2 atom stereocenters. The number of benzene rings is 2. The first-order valence-electron chi connectivity index (χ1n) is 14.2. The molecule has 0 saturated heterocycles. The van der Waals surface area contributed by atoms with Crippen LogP contribution in [0, 0.1) is 5.92 Å². The van der Waals surface area contributed by atoms with E-state index in [1.165, 1.54) is 6.92 Å². The van der Waals surface area contributed by atoms with E-state index in [4.69, 9.17) is 10.5 Å². The number of aryl methyl sites for hydroxylation is 1. The van der Waals surface area contributed by atoms with Crippen molar-refractivity contribution in [3.05, 3.63) is 77.9 Å². The van der Waals surface area contributed by atoms with Crippen molar-refractivity contribution in [1.29, 1.82) is 0 Å². The van der Waals surface area contributed by atoms with Crippen molar-refractivity contribution in [3.8, 4) is 0 Å². The molecule has 0 bridgehead atoms. The van der Waals surface area contributed by atoms with Gasteiger partial charge in [-0.2, -0.15) is 0 Å². The van der Waals surface area contributed by atoms with E-state index in [1.54, 1.807) is 43.0 Å². The third-order valence-electron chi connectivity index (χ3n) is 6.76. The Bertz CT molecular complexity index is 1390. The summed E-state index contributed by atoms with van der Waals surface area (Å²) in [5.41, 5.74) is 10.1. The number of fused-ring (bicyclic) bond motifs is 1. The number of hydrazine groups is 1. The van der Waals surface area contributed by atoms with E-state index in [-0.39, 0.29) is 6.61 Å². The Balaban J connectivity index is 1.60. The number of amides is 6. The van der Waals surface area contributed by atoms with Gasteiger partial charge in [-0.1, -0.05) is 62.4 Å². The third kappa shape index (κ3) is 9.68. The summed E-state index contributed by atoms with van der Waals surface area (Å²) >= 11 is 0. The molecule has 1 aliphatic rings. The number of hydrogen-bond acceptors (Lipinski definition) is 7. The van der Waals surface area contributed by atoms with Crippen LogP contribution in [0.15, 0.2) is 66.7 Å². The fourth-order valence-corrected chi connectivity index (χ4v) is 4.44. The molecule has 1 aliphatic heterocycles. The van der Waals surface area contributed by atoms with Gasteiger partial charge in [-0.3, -0.25) is 29.4 Å². The molecule has 0 aliphatic carbocycles. The van der Waals surface area contributed by atoms with Crippen LogP contribution in [0.4, 0.5) is 10.5 Å². The zero-order valence-electron chi connectivity index (χ0n) is 24.9. The highest BCUT2D eigenvalue weighted by atomic mass is 16.5. The molecule has 3 rings (SSSR count). The number of carbonyl (C=O) groups is 6. The maximum Gasteiger partial charge on any atom is 0.408 e. The molecule has 234 valence electrons. The smallest absolute Gasteiger partial charge is 0.408 e. The van der Waals surface area contributed by atoms with E-state index in [0.29, 0.717) is 11.6 Å². The number of nitrogens with zero attached hydrogens (tertiary/aromatic N) is 2. The van der Waals surface area contributed by atoms with Crippen molar-refractivity contribution in [3.63, 3.8) is 0 Å². The van der Waals surface area contributed by atoms with Gasteiger partial charge in [0.25, 0.3) is 17.7 Å². The molecule has 6 amide bonds. The molecule has 1 heterocycles. The highest BCUT2D eigenvalue weighted by Crippen LogP contribution is 2.26. The van der Waals surface area contributed by atoms with Gasteiger partial charge in [-0.25, -0.2) is 9.80 Å². The van der Waals surface area contributed by atoms with Gasteiger partial charge in [0.1, 0.15) is 25.2 Å². The second-order valence-electron chi connectivity index (χ2n) is 10.6. The third-order valence-corrected chi connectivity index (χ3v) is 6.76. The van der Waals surface area contributed by atoms with Crippen LogP contribution in [0.25, 0.3) is 0 Å². The lowest BCUT2D eigenvalue weighted by atomic mass is 10.0. The Morgan fingerprint density at radius 2 is 1.61 bits per heavy atom. The van der Waals surface area contributed by atoms with E-state index in [2.05, 4.69) is 16.1 Å². The number of nitrogens with one attached hydrogen (secondary N) is 3. The number of nitrogens with two attached hydrogens (primary N) is 1. The van der Waals surface area contributed by atoms with Crippen LogP contribution in [0.5, 0.6) is 0 Å². The highest BCUT2D eigenvalue weighted by molar-refractivity contribution is 6.06. The van der Waals surface area contributed by atoms with Crippen molar-refractivity contribution in [2.45, 2.75) is 52.3 Å². The van der Waals surface area contributed by atoms with Gasteiger partial charge in [0, 0.05) is 24.4 Å². The Kier molecular flexibility index (Phi) is 12.0. The monoisotopic (exact) mass is 606 g/mol.